The molecular weight excluding hydrogens is 386 g/mol. The molecule has 0 heterocycles. The Labute approximate surface area is 163 Å². The van der Waals surface area contributed by atoms with E-state index in [4.69, 9.17) is 24.7 Å². The quantitative estimate of drug-likeness (QED) is 0.666. The smallest absolute Gasteiger partial charge is 0.260 e. The molecule has 0 bridgehead atoms. The molecule has 0 saturated heterocycles. The first kappa shape index (κ1) is 21.1. The summed E-state index contributed by atoms with van der Waals surface area (Å²) in [5.74, 6) is 0.294. The summed E-state index contributed by atoms with van der Waals surface area (Å²) in [6.07, 6.45) is 1.12. The van der Waals surface area contributed by atoms with Crippen LogP contribution < -0.4 is 24.7 Å². The SMILES string of the molecule is COc1ccc(S(=O)(=O)C(=Cc2c(OC)cc(OC)cc2OC)C(N)=O)cc1. The zero-order valence-electron chi connectivity index (χ0n) is 15.9. The lowest BCUT2D eigenvalue weighted by molar-refractivity contribution is -0.113. The second kappa shape index (κ2) is 8.66. The minimum Gasteiger partial charge on any atom is -0.497 e. The third-order valence-electron chi connectivity index (χ3n) is 3.93. The van der Waals surface area contributed by atoms with E-state index in [1.807, 2.05) is 0 Å². The molecular formula is C19H21NO7S. The molecule has 0 aliphatic carbocycles. The second-order valence-corrected chi connectivity index (χ2v) is 7.42. The first-order valence-electron chi connectivity index (χ1n) is 7.99. The molecule has 0 unspecified atom stereocenters. The number of benzene rings is 2. The van der Waals surface area contributed by atoms with Crippen molar-refractivity contribution in [3.8, 4) is 23.0 Å². The fourth-order valence-electron chi connectivity index (χ4n) is 2.47. The summed E-state index contributed by atoms with van der Waals surface area (Å²) in [4.78, 5) is 11.3. The number of hydrogen-bond donors (Lipinski definition) is 1. The minimum atomic E-state index is -4.20. The molecule has 0 fully saturated rings. The Morgan fingerprint density at radius 2 is 1.36 bits per heavy atom. The van der Waals surface area contributed by atoms with E-state index >= 15 is 0 Å². The molecule has 0 spiro atoms. The van der Waals surface area contributed by atoms with Gasteiger partial charge in [-0.05, 0) is 30.3 Å². The molecule has 9 heteroatoms. The molecule has 0 aliphatic heterocycles. The Kier molecular flexibility index (Phi) is 6.53. The number of nitrogens with two attached hydrogens (primary N) is 1. The van der Waals surface area contributed by atoms with Crippen LogP contribution in [0.4, 0.5) is 0 Å². The Balaban J connectivity index is 2.69. The number of carbonyl (C=O) groups excluding carboxylic acids is 1. The van der Waals surface area contributed by atoms with Gasteiger partial charge in [-0.25, -0.2) is 8.42 Å². The Morgan fingerprint density at radius 3 is 1.75 bits per heavy atom. The number of methoxy groups -OCH3 is 4. The molecule has 8 nitrogen and oxygen atoms in total. The third-order valence-corrected chi connectivity index (χ3v) is 5.72. The minimum absolute atomic E-state index is 0.107. The second-order valence-electron chi connectivity index (χ2n) is 5.50. The summed E-state index contributed by atoms with van der Waals surface area (Å²) in [5, 5.41) is 0. The number of rotatable bonds is 8. The highest BCUT2D eigenvalue weighted by Crippen LogP contribution is 2.37. The van der Waals surface area contributed by atoms with Crippen LogP contribution in [0.3, 0.4) is 0 Å². The molecule has 0 aromatic heterocycles. The first-order valence-corrected chi connectivity index (χ1v) is 9.47. The van der Waals surface area contributed by atoms with Crippen molar-refractivity contribution < 1.29 is 32.2 Å². The number of ether oxygens (including phenoxy) is 4. The van der Waals surface area contributed by atoms with Crippen LogP contribution in [0.15, 0.2) is 46.2 Å². The molecule has 2 aromatic rings. The van der Waals surface area contributed by atoms with Crippen LogP contribution in [0, 0.1) is 0 Å². The van der Waals surface area contributed by atoms with E-state index in [0.29, 0.717) is 11.5 Å². The average Bonchev–Trinajstić information content (AvgIpc) is 2.70. The number of carbonyl (C=O) groups is 1. The van der Waals surface area contributed by atoms with Gasteiger partial charge in [0.15, 0.2) is 0 Å². The van der Waals surface area contributed by atoms with Gasteiger partial charge in [-0.2, -0.15) is 0 Å². The molecule has 2 N–H and O–H groups in total. The van der Waals surface area contributed by atoms with Gasteiger partial charge in [0.2, 0.25) is 9.84 Å². The van der Waals surface area contributed by atoms with Crippen LogP contribution >= 0.6 is 0 Å². The number of primary amides is 1. The molecule has 1 amide bonds. The van der Waals surface area contributed by atoms with E-state index in [-0.39, 0.29) is 22.0 Å². The first-order chi connectivity index (χ1) is 13.3. The number of hydrogen-bond acceptors (Lipinski definition) is 7. The van der Waals surface area contributed by atoms with Crippen LogP contribution in [0.25, 0.3) is 6.08 Å². The van der Waals surface area contributed by atoms with Gasteiger partial charge in [0.05, 0.1) is 38.9 Å². The van der Waals surface area contributed by atoms with Crippen molar-refractivity contribution in [2.75, 3.05) is 28.4 Å². The number of sulfone groups is 1. The normalized spacial score (nSPS) is 11.6. The lowest BCUT2D eigenvalue weighted by Crippen LogP contribution is -2.21. The van der Waals surface area contributed by atoms with E-state index in [2.05, 4.69) is 0 Å². The standard InChI is InChI=1S/C19H21NO7S/c1-24-12-5-7-14(8-6-12)28(22,23)18(19(20)21)11-15-16(26-3)9-13(25-2)10-17(15)27-4/h5-11H,1-4H3,(H2,20,21). The van der Waals surface area contributed by atoms with Crippen molar-refractivity contribution >= 4 is 21.8 Å². The van der Waals surface area contributed by atoms with Crippen LogP contribution in [-0.4, -0.2) is 42.8 Å². The summed E-state index contributed by atoms with van der Waals surface area (Å²) < 4.78 is 46.7. The van der Waals surface area contributed by atoms with E-state index in [1.54, 1.807) is 0 Å². The topological polar surface area (TPSA) is 114 Å². The van der Waals surface area contributed by atoms with Crippen LogP contribution in [0.1, 0.15) is 5.56 Å². The predicted octanol–water partition coefficient (Wildman–Crippen LogP) is 2.02. The zero-order valence-corrected chi connectivity index (χ0v) is 16.7. The summed E-state index contributed by atoms with van der Waals surface area (Å²) >= 11 is 0. The lowest BCUT2D eigenvalue weighted by atomic mass is 10.1. The van der Waals surface area contributed by atoms with Crippen molar-refractivity contribution in [1.82, 2.24) is 0 Å². The summed E-state index contributed by atoms with van der Waals surface area (Å²) in [6.45, 7) is 0. The summed E-state index contributed by atoms with van der Waals surface area (Å²) in [5.41, 5.74) is 5.62. The van der Waals surface area contributed by atoms with E-state index in [9.17, 15) is 13.2 Å². The Morgan fingerprint density at radius 1 is 0.857 bits per heavy atom. The van der Waals surface area contributed by atoms with Gasteiger partial charge in [-0.1, -0.05) is 0 Å². The predicted molar refractivity (Wildman–Crippen MR) is 103 cm³/mol. The molecule has 2 aromatic carbocycles. The van der Waals surface area contributed by atoms with Gasteiger partial charge < -0.3 is 24.7 Å². The van der Waals surface area contributed by atoms with Crippen LogP contribution in [-0.2, 0) is 14.6 Å². The van der Waals surface area contributed by atoms with Gasteiger partial charge >= 0.3 is 0 Å². The van der Waals surface area contributed by atoms with E-state index in [1.165, 1.54) is 64.8 Å². The largest absolute Gasteiger partial charge is 0.497 e. The van der Waals surface area contributed by atoms with Crippen molar-refractivity contribution in [2.45, 2.75) is 4.90 Å². The molecule has 0 radical (unpaired) electrons. The highest BCUT2D eigenvalue weighted by Gasteiger charge is 2.27. The lowest BCUT2D eigenvalue weighted by Gasteiger charge is -2.14. The number of amides is 1. The molecule has 0 atom stereocenters. The highest BCUT2D eigenvalue weighted by atomic mass is 32.2. The fourth-order valence-corrected chi connectivity index (χ4v) is 3.76. The van der Waals surface area contributed by atoms with Crippen LogP contribution in [0.2, 0.25) is 0 Å². The van der Waals surface area contributed by atoms with Crippen molar-refractivity contribution in [2.24, 2.45) is 5.73 Å². The molecule has 0 aliphatic rings. The van der Waals surface area contributed by atoms with Crippen molar-refractivity contribution in [3.63, 3.8) is 0 Å². The van der Waals surface area contributed by atoms with Crippen molar-refractivity contribution in [3.05, 3.63) is 46.9 Å². The van der Waals surface area contributed by atoms with Crippen molar-refractivity contribution in [1.29, 1.82) is 0 Å². The van der Waals surface area contributed by atoms with E-state index in [0.717, 1.165) is 6.08 Å². The van der Waals surface area contributed by atoms with Gasteiger partial charge in [-0.3, -0.25) is 4.79 Å². The summed E-state index contributed by atoms with van der Waals surface area (Å²) in [7, 11) is 1.52. The summed E-state index contributed by atoms with van der Waals surface area (Å²) in [6, 6.07) is 8.67. The maximum Gasteiger partial charge on any atom is 0.260 e. The van der Waals surface area contributed by atoms with Crippen LogP contribution in [0.5, 0.6) is 23.0 Å². The maximum absolute atomic E-state index is 13.0. The Hall–Kier alpha value is -3.20. The van der Waals surface area contributed by atoms with E-state index < -0.39 is 20.6 Å². The van der Waals surface area contributed by atoms with Gasteiger partial charge in [-0.15, -0.1) is 0 Å². The molecule has 150 valence electrons. The average molecular weight is 407 g/mol. The Bertz CT molecular complexity index is 970. The molecule has 28 heavy (non-hydrogen) atoms. The zero-order chi connectivity index (χ0) is 20.9. The van der Waals surface area contributed by atoms with Gasteiger partial charge in [0, 0.05) is 12.1 Å². The monoisotopic (exact) mass is 407 g/mol. The highest BCUT2D eigenvalue weighted by molar-refractivity contribution is 7.96. The maximum atomic E-state index is 13.0. The molecule has 0 saturated carbocycles. The third kappa shape index (κ3) is 4.20. The van der Waals surface area contributed by atoms with Gasteiger partial charge in [0.25, 0.3) is 5.91 Å². The van der Waals surface area contributed by atoms with Gasteiger partial charge in [0.1, 0.15) is 27.9 Å². The fraction of sp³-hybridized carbons (Fsp3) is 0.211. The molecule has 2 rings (SSSR count).